The number of hydrazine groups is 1. The number of hydrogen-bond donors (Lipinski definition) is 3. The van der Waals surface area contributed by atoms with E-state index < -0.39 is 6.04 Å². The Kier molecular flexibility index (Phi) is 6.22. The molecule has 0 aliphatic carbocycles. The topological polar surface area (TPSA) is 88.7 Å². The molecule has 1 aliphatic rings. The van der Waals surface area contributed by atoms with Gasteiger partial charge in [0, 0.05) is 6.54 Å². The number of carbonyl (C=O) groups is 2. The molecular formula is C16H23N3O4. The molecule has 2 amide bonds. The fourth-order valence-corrected chi connectivity index (χ4v) is 2.32. The molecule has 3 N–H and O–H groups in total. The molecule has 1 unspecified atom stereocenters. The second-order valence-electron chi connectivity index (χ2n) is 5.14. The molecule has 0 radical (unpaired) electrons. The molecule has 0 saturated carbocycles. The summed E-state index contributed by atoms with van der Waals surface area (Å²) >= 11 is 0. The van der Waals surface area contributed by atoms with Gasteiger partial charge in [-0.1, -0.05) is 6.07 Å². The Morgan fingerprint density at radius 3 is 2.65 bits per heavy atom. The van der Waals surface area contributed by atoms with Crippen molar-refractivity contribution in [1.29, 1.82) is 0 Å². The van der Waals surface area contributed by atoms with Gasteiger partial charge in [-0.05, 0) is 38.0 Å². The summed E-state index contributed by atoms with van der Waals surface area (Å²) in [5.74, 6) is 1.09. The van der Waals surface area contributed by atoms with Crippen molar-refractivity contribution in [2.45, 2.75) is 32.7 Å². The first-order valence-corrected chi connectivity index (χ1v) is 7.84. The van der Waals surface area contributed by atoms with Crippen LogP contribution in [0.3, 0.4) is 0 Å². The Labute approximate surface area is 135 Å². The number of hydrogen-bond acceptors (Lipinski definition) is 5. The third kappa shape index (κ3) is 4.85. The summed E-state index contributed by atoms with van der Waals surface area (Å²) in [4.78, 5) is 22.9. The molecular weight excluding hydrogens is 298 g/mol. The summed E-state index contributed by atoms with van der Waals surface area (Å²) in [5.41, 5.74) is 6.12. The highest BCUT2D eigenvalue weighted by atomic mass is 16.5. The Balaban J connectivity index is 1.86. The zero-order chi connectivity index (χ0) is 16.7. The maximum absolute atomic E-state index is 11.9. The lowest BCUT2D eigenvalue weighted by Crippen LogP contribution is -2.43. The fourth-order valence-electron chi connectivity index (χ4n) is 2.32. The van der Waals surface area contributed by atoms with Crippen LogP contribution in [0.5, 0.6) is 11.5 Å². The van der Waals surface area contributed by atoms with Crippen molar-refractivity contribution < 1.29 is 19.1 Å². The summed E-state index contributed by atoms with van der Waals surface area (Å²) in [7, 11) is 0. The standard InChI is InChI=1S/C16H23N3O4/c1-3-22-13-6-5-11(9-14(13)23-4-2)7-8-17-16(21)12-10-15(20)19-18-12/h5-6,9,12,18H,3-4,7-8,10H2,1-2H3,(H,17,21)(H,19,20). The predicted molar refractivity (Wildman–Crippen MR) is 85.2 cm³/mol. The normalized spacial score (nSPS) is 16.8. The molecule has 2 rings (SSSR count). The zero-order valence-corrected chi connectivity index (χ0v) is 13.5. The van der Waals surface area contributed by atoms with Gasteiger partial charge in [0.2, 0.25) is 11.8 Å². The van der Waals surface area contributed by atoms with Gasteiger partial charge in [-0.2, -0.15) is 0 Å². The van der Waals surface area contributed by atoms with Crippen LogP contribution in [0.4, 0.5) is 0 Å². The van der Waals surface area contributed by atoms with E-state index in [0.29, 0.717) is 31.9 Å². The second kappa shape index (κ2) is 8.38. The predicted octanol–water partition coefficient (Wildman–Crippen LogP) is 0.536. The van der Waals surface area contributed by atoms with Crippen molar-refractivity contribution in [3.8, 4) is 11.5 Å². The van der Waals surface area contributed by atoms with Crippen molar-refractivity contribution in [3.05, 3.63) is 23.8 Å². The molecule has 23 heavy (non-hydrogen) atoms. The molecule has 0 aromatic heterocycles. The van der Waals surface area contributed by atoms with Crippen LogP contribution in [-0.4, -0.2) is 37.6 Å². The maximum Gasteiger partial charge on any atom is 0.239 e. The van der Waals surface area contributed by atoms with Crippen molar-refractivity contribution >= 4 is 11.8 Å². The van der Waals surface area contributed by atoms with Gasteiger partial charge in [-0.3, -0.25) is 15.0 Å². The van der Waals surface area contributed by atoms with Crippen LogP contribution in [0.1, 0.15) is 25.8 Å². The van der Waals surface area contributed by atoms with E-state index in [4.69, 9.17) is 9.47 Å². The van der Waals surface area contributed by atoms with Crippen LogP contribution >= 0.6 is 0 Å². The molecule has 0 spiro atoms. The van der Waals surface area contributed by atoms with Crippen LogP contribution in [0.25, 0.3) is 0 Å². The third-order valence-electron chi connectivity index (χ3n) is 3.41. The third-order valence-corrected chi connectivity index (χ3v) is 3.41. The van der Waals surface area contributed by atoms with Gasteiger partial charge in [0.25, 0.3) is 0 Å². The van der Waals surface area contributed by atoms with Gasteiger partial charge < -0.3 is 14.8 Å². The minimum absolute atomic E-state index is 0.169. The molecule has 7 nitrogen and oxygen atoms in total. The number of amides is 2. The Bertz CT molecular complexity index is 562. The Morgan fingerprint density at radius 2 is 2.00 bits per heavy atom. The van der Waals surface area contributed by atoms with E-state index in [-0.39, 0.29) is 18.2 Å². The van der Waals surface area contributed by atoms with Crippen LogP contribution in [0, 0.1) is 0 Å². The molecule has 1 aromatic carbocycles. The quantitative estimate of drug-likeness (QED) is 0.650. The molecule has 1 aromatic rings. The number of rotatable bonds is 8. The highest BCUT2D eigenvalue weighted by Crippen LogP contribution is 2.28. The maximum atomic E-state index is 11.9. The monoisotopic (exact) mass is 321 g/mol. The SMILES string of the molecule is CCOc1ccc(CCNC(=O)C2CC(=O)NN2)cc1OCC. The number of benzene rings is 1. The average molecular weight is 321 g/mol. The van der Waals surface area contributed by atoms with Gasteiger partial charge in [0.1, 0.15) is 6.04 Å². The average Bonchev–Trinajstić information content (AvgIpc) is 2.97. The lowest BCUT2D eigenvalue weighted by molar-refractivity contribution is -0.124. The van der Waals surface area contributed by atoms with E-state index >= 15 is 0 Å². The lowest BCUT2D eigenvalue weighted by atomic mass is 10.1. The minimum Gasteiger partial charge on any atom is -0.490 e. The van der Waals surface area contributed by atoms with Gasteiger partial charge in [0.05, 0.1) is 19.6 Å². The second-order valence-corrected chi connectivity index (χ2v) is 5.14. The molecule has 7 heteroatoms. The fraction of sp³-hybridized carbons (Fsp3) is 0.500. The van der Waals surface area contributed by atoms with E-state index in [1.807, 2.05) is 32.0 Å². The summed E-state index contributed by atoms with van der Waals surface area (Å²) in [6.07, 6.45) is 0.843. The van der Waals surface area contributed by atoms with E-state index in [0.717, 1.165) is 11.3 Å². The van der Waals surface area contributed by atoms with Crippen molar-refractivity contribution in [3.63, 3.8) is 0 Å². The Morgan fingerprint density at radius 1 is 1.26 bits per heavy atom. The smallest absolute Gasteiger partial charge is 0.239 e. The zero-order valence-electron chi connectivity index (χ0n) is 13.5. The molecule has 1 saturated heterocycles. The number of ether oxygens (including phenoxy) is 2. The van der Waals surface area contributed by atoms with Gasteiger partial charge in [-0.15, -0.1) is 0 Å². The summed E-state index contributed by atoms with van der Waals surface area (Å²) in [6.45, 7) is 5.48. The number of nitrogens with one attached hydrogen (secondary N) is 3. The van der Waals surface area contributed by atoms with Crippen LogP contribution in [0.15, 0.2) is 18.2 Å². The summed E-state index contributed by atoms with van der Waals surface area (Å²) < 4.78 is 11.1. The van der Waals surface area contributed by atoms with Gasteiger partial charge in [-0.25, -0.2) is 5.43 Å². The van der Waals surface area contributed by atoms with Crippen LogP contribution in [0.2, 0.25) is 0 Å². The first-order chi connectivity index (χ1) is 11.1. The molecule has 1 fully saturated rings. The van der Waals surface area contributed by atoms with Gasteiger partial charge >= 0.3 is 0 Å². The lowest BCUT2D eigenvalue weighted by Gasteiger charge is -2.13. The molecule has 126 valence electrons. The molecule has 1 heterocycles. The number of carbonyl (C=O) groups excluding carboxylic acids is 2. The summed E-state index contributed by atoms with van der Waals surface area (Å²) in [5, 5.41) is 2.82. The van der Waals surface area contributed by atoms with Crippen molar-refractivity contribution in [2.24, 2.45) is 0 Å². The minimum atomic E-state index is -0.498. The van der Waals surface area contributed by atoms with Crippen molar-refractivity contribution in [2.75, 3.05) is 19.8 Å². The first-order valence-electron chi connectivity index (χ1n) is 7.84. The van der Waals surface area contributed by atoms with Crippen molar-refractivity contribution in [1.82, 2.24) is 16.2 Å². The van der Waals surface area contributed by atoms with E-state index in [1.165, 1.54) is 0 Å². The molecule has 1 aliphatic heterocycles. The highest BCUT2D eigenvalue weighted by Gasteiger charge is 2.27. The van der Waals surface area contributed by atoms with E-state index in [9.17, 15) is 9.59 Å². The Hall–Kier alpha value is -2.28. The summed E-state index contributed by atoms with van der Waals surface area (Å²) in [6, 6.07) is 5.27. The molecule has 0 bridgehead atoms. The van der Waals surface area contributed by atoms with E-state index in [2.05, 4.69) is 16.2 Å². The van der Waals surface area contributed by atoms with E-state index in [1.54, 1.807) is 0 Å². The van der Waals surface area contributed by atoms with Gasteiger partial charge in [0.15, 0.2) is 11.5 Å². The molecule has 1 atom stereocenters. The van der Waals surface area contributed by atoms with Crippen LogP contribution in [-0.2, 0) is 16.0 Å². The largest absolute Gasteiger partial charge is 0.490 e. The first kappa shape index (κ1) is 17.1. The highest BCUT2D eigenvalue weighted by molar-refractivity contribution is 5.90. The van der Waals surface area contributed by atoms with Crippen LogP contribution < -0.4 is 25.6 Å².